The number of carbonyl (C=O) groups excluding carboxylic acids is 1. The Bertz CT molecular complexity index is 1460. The monoisotopic (exact) mass is 483 g/mol. The van der Waals surface area contributed by atoms with Gasteiger partial charge in [-0.25, -0.2) is 10.2 Å². The van der Waals surface area contributed by atoms with Gasteiger partial charge in [-0.15, -0.1) is 0 Å². The number of fused-ring (bicyclic) bond motifs is 1. The number of halogens is 1. The van der Waals surface area contributed by atoms with Gasteiger partial charge >= 0.3 is 0 Å². The van der Waals surface area contributed by atoms with Crippen molar-refractivity contribution in [3.63, 3.8) is 0 Å². The lowest BCUT2D eigenvalue weighted by atomic mass is 9.98. The maximum Gasteiger partial charge on any atom is 0.231 e. The highest BCUT2D eigenvalue weighted by molar-refractivity contribution is 6.16. The number of carbonyl (C=O) groups is 1. The third-order valence-corrected chi connectivity index (χ3v) is 5.55. The van der Waals surface area contributed by atoms with Crippen LogP contribution >= 0.6 is 0 Å². The van der Waals surface area contributed by atoms with Gasteiger partial charge in [-0.2, -0.15) is 5.10 Å². The molecule has 36 heavy (non-hydrogen) atoms. The van der Waals surface area contributed by atoms with Crippen molar-refractivity contribution in [2.45, 2.75) is 0 Å². The number of pyridine rings is 1. The van der Waals surface area contributed by atoms with E-state index in [0.717, 1.165) is 45.2 Å². The van der Waals surface area contributed by atoms with Crippen LogP contribution in [0.5, 0.6) is 11.5 Å². The van der Waals surface area contributed by atoms with Gasteiger partial charge in [-0.1, -0.05) is 12.1 Å². The normalized spacial score (nSPS) is 14.3. The van der Waals surface area contributed by atoms with Crippen molar-refractivity contribution in [2.75, 3.05) is 18.8 Å². The zero-order valence-electron chi connectivity index (χ0n) is 19.3. The summed E-state index contributed by atoms with van der Waals surface area (Å²) < 4.78 is 23.5. The Morgan fingerprint density at radius 1 is 1.06 bits per heavy atom. The van der Waals surface area contributed by atoms with E-state index in [2.05, 4.69) is 15.2 Å². The molecular weight excluding hydrogens is 461 g/mol. The number of ether oxygens (including phenoxy) is 2. The quantitative estimate of drug-likeness (QED) is 0.250. The summed E-state index contributed by atoms with van der Waals surface area (Å²) in [4.78, 5) is 15.4. The summed E-state index contributed by atoms with van der Waals surface area (Å²) in [5.41, 5.74) is 4.78. The summed E-state index contributed by atoms with van der Waals surface area (Å²) in [6, 6.07) is 17.4. The standard InChI is InChI=1S/C15H14FN5.C12H8O3/c1-21(17)15-13(12-4-2-3-9-18-12)14(19-20-15)10-5-7-11(16)8-6-10;13-10-3-2-9(10)5-8-1-4-11-12(6-8)15-7-14-11/h2-9H,17H2,1H3,(H,19,20);1-6H,7H2. The van der Waals surface area contributed by atoms with Crippen LogP contribution in [-0.4, -0.2) is 34.8 Å². The Labute approximate surface area is 206 Å². The Morgan fingerprint density at radius 2 is 1.86 bits per heavy atom. The summed E-state index contributed by atoms with van der Waals surface area (Å²) in [6.07, 6.45) is 6.90. The fraction of sp³-hybridized carbons (Fsp3) is 0.0741. The molecule has 1 aliphatic heterocycles. The predicted octanol–water partition coefficient (Wildman–Crippen LogP) is 4.53. The molecule has 3 N–H and O–H groups in total. The van der Waals surface area contributed by atoms with Gasteiger partial charge in [-0.05, 0) is 72.3 Å². The third kappa shape index (κ3) is 4.73. The molecule has 2 aliphatic rings. The van der Waals surface area contributed by atoms with Crippen LogP contribution in [0, 0.1) is 5.82 Å². The van der Waals surface area contributed by atoms with Gasteiger partial charge < -0.3 is 9.47 Å². The summed E-state index contributed by atoms with van der Waals surface area (Å²) in [6.45, 7) is 0.272. The minimum Gasteiger partial charge on any atom is -0.454 e. The molecule has 0 atom stereocenters. The van der Waals surface area contributed by atoms with Crippen molar-refractivity contribution in [1.29, 1.82) is 0 Å². The molecule has 6 rings (SSSR count). The van der Waals surface area contributed by atoms with Crippen LogP contribution in [0.15, 0.2) is 84.6 Å². The average Bonchev–Trinajstić information content (AvgIpc) is 3.55. The van der Waals surface area contributed by atoms with E-state index in [1.807, 2.05) is 42.5 Å². The summed E-state index contributed by atoms with van der Waals surface area (Å²) in [5, 5.41) is 8.61. The van der Waals surface area contributed by atoms with Crippen molar-refractivity contribution in [1.82, 2.24) is 15.2 Å². The minimum atomic E-state index is -0.284. The van der Waals surface area contributed by atoms with Gasteiger partial charge in [0.05, 0.1) is 17.0 Å². The summed E-state index contributed by atoms with van der Waals surface area (Å²) in [5.74, 6) is 7.69. The minimum absolute atomic E-state index is 0.0765. The highest BCUT2D eigenvalue weighted by Crippen LogP contribution is 2.36. The van der Waals surface area contributed by atoms with Gasteiger partial charge in [0.25, 0.3) is 0 Å². The van der Waals surface area contributed by atoms with Crippen LogP contribution in [0.4, 0.5) is 10.2 Å². The molecule has 9 heteroatoms. The predicted molar refractivity (Wildman–Crippen MR) is 134 cm³/mol. The number of hydrogen-bond donors (Lipinski definition) is 2. The number of hydrazine groups is 1. The van der Waals surface area contributed by atoms with E-state index in [9.17, 15) is 9.18 Å². The molecular formula is C27H22FN5O3. The van der Waals surface area contributed by atoms with E-state index in [0.29, 0.717) is 5.82 Å². The molecule has 8 nitrogen and oxygen atoms in total. The first-order valence-electron chi connectivity index (χ1n) is 11.1. The average molecular weight is 484 g/mol. The SMILES string of the molecule is CN(N)c1n[nH]c(-c2ccc(F)cc2)c1-c1ccccn1.O=C1C=CC1=Cc1ccc2c(c1)OCO2. The highest BCUT2D eigenvalue weighted by atomic mass is 19.1. The Kier molecular flexibility index (Phi) is 6.29. The molecule has 0 unspecified atom stereocenters. The number of rotatable bonds is 4. The molecule has 0 saturated carbocycles. The third-order valence-electron chi connectivity index (χ3n) is 5.55. The fourth-order valence-corrected chi connectivity index (χ4v) is 3.72. The molecule has 0 saturated heterocycles. The van der Waals surface area contributed by atoms with Crippen LogP contribution in [-0.2, 0) is 4.79 Å². The van der Waals surface area contributed by atoms with Crippen molar-refractivity contribution in [3.05, 3.63) is 96.0 Å². The largest absolute Gasteiger partial charge is 0.454 e. The zero-order chi connectivity index (χ0) is 25.1. The lowest BCUT2D eigenvalue weighted by molar-refractivity contribution is -0.111. The smallest absolute Gasteiger partial charge is 0.231 e. The second-order valence-corrected chi connectivity index (χ2v) is 8.04. The van der Waals surface area contributed by atoms with Crippen molar-refractivity contribution >= 4 is 17.7 Å². The number of hydrogen-bond acceptors (Lipinski definition) is 7. The van der Waals surface area contributed by atoms with E-state index < -0.39 is 0 Å². The fourth-order valence-electron chi connectivity index (χ4n) is 3.72. The van der Waals surface area contributed by atoms with E-state index in [1.54, 1.807) is 37.5 Å². The van der Waals surface area contributed by atoms with Gasteiger partial charge in [0.15, 0.2) is 23.1 Å². The van der Waals surface area contributed by atoms with Crippen LogP contribution in [0.3, 0.4) is 0 Å². The Hall–Kier alpha value is -4.76. The van der Waals surface area contributed by atoms with Gasteiger partial charge in [0.1, 0.15) is 5.82 Å². The van der Waals surface area contributed by atoms with Gasteiger partial charge in [-0.3, -0.25) is 19.9 Å². The molecule has 0 fully saturated rings. The van der Waals surface area contributed by atoms with E-state index in [4.69, 9.17) is 15.3 Å². The number of aromatic amines is 1. The Morgan fingerprint density at radius 3 is 2.53 bits per heavy atom. The Balaban J connectivity index is 0.000000156. The van der Waals surface area contributed by atoms with E-state index in [1.165, 1.54) is 17.1 Å². The molecule has 0 spiro atoms. The van der Waals surface area contributed by atoms with Gasteiger partial charge in [0.2, 0.25) is 6.79 Å². The van der Waals surface area contributed by atoms with Crippen LogP contribution in [0.1, 0.15) is 5.56 Å². The lowest BCUT2D eigenvalue weighted by Crippen LogP contribution is -2.26. The molecule has 3 heterocycles. The maximum absolute atomic E-state index is 13.1. The van der Waals surface area contributed by atoms with Crippen molar-refractivity contribution in [3.8, 4) is 34.0 Å². The first-order chi connectivity index (χ1) is 17.5. The lowest BCUT2D eigenvalue weighted by Gasteiger charge is -2.11. The van der Waals surface area contributed by atoms with E-state index >= 15 is 0 Å². The number of anilines is 1. The van der Waals surface area contributed by atoms with Crippen LogP contribution in [0.2, 0.25) is 0 Å². The first-order valence-corrected chi connectivity index (χ1v) is 11.1. The molecule has 1 aliphatic carbocycles. The highest BCUT2D eigenvalue weighted by Gasteiger charge is 2.19. The number of H-pyrrole nitrogens is 1. The number of aromatic nitrogens is 3. The second-order valence-electron chi connectivity index (χ2n) is 8.04. The van der Waals surface area contributed by atoms with Gasteiger partial charge in [0, 0.05) is 24.4 Å². The zero-order valence-corrected chi connectivity index (χ0v) is 19.3. The molecule has 180 valence electrons. The summed E-state index contributed by atoms with van der Waals surface area (Å²) >= 11 is 0. The molecule has 4 aromatic rings. The molecule has 0 bridgehead atoms. The van der Waals surface area contributed by atoms with Crippen LogP contribution in [0.25, 0.3) is 28.6 Å². The number of nitrogens with two attached hydrogens (primary N) is 1. The summed E-state index contributed by atoms with van der Waals surface area (Å²) in [7, 11) is 1.71. The number of nitrogens with zero attached hydrogens (tertiary/aromatic N) is 3. The number of allylic oxidation sites excluding steroid dienone is 3. The molecule has 0 amide bonds. The number of ketones is 1. The van der Waals surface area contributed by atoms with Crippen molar-refractivity contribution < 1.29 is 18.7 Å². The molecule has 0 radical (unpaired) electrons. The second kappa shape index (κ2) is 9.85. The number of nitrogens with one attached hydrogen (secondary N) is 1. The van der Waals surface area contributed by atoms with Crippen LogP contribution < -0.4 is 20.3 Å². The molecule has 2 aromatic heterocycles. The topological polar surface area (TPSA) is 106 Å². The maximum atomic E-state index is 13.1. The number of benzene rings is 2. The first kappa shape index (κ1) is 23.0. The van der Waals surface area contributed by atoms with E-state index in [-0.39, 0.29) is 18.4 Å². The van der Waals surface area contributed by atoms with Crippen molar-refractivity contribution in [2.24, 2.45) is 5.84 Å². The molecule has 2 aromatic carbocycles.